The summed E-state index contributed by atoms with van der Waals surface area (Å²) in [7, 11) is 3.61. The van der Waals surface area contributed by atoms with Crippen LogP contribution in [0.2, 0.25) is 0 Å². The minimum atomic E-state index is 0. The predicted molar refractivity (Wildman–Crippen MR) is 177 cm³/mol. The number of hydrogen-bond acceptors (Lipinski definition) is 0. The van der Waals surface area contributed by atoms with E-state index in [1.807, 2.05) is 13.8 Å². The van der Waals surface area contributed by atoms with Crippen LogP contribution in [0.15, 0.2) is 60.2 Å². The van der Waals surface area contributed by atoms with Crippen LogP contribution in [0.4, 0.5) is 0 Å². The topological polar surface area (TPSA) is 53.5 Å². The molecule has 4 nitrogen and oxygen atoms in total. The average molecular weight is 604 g/mol. The van der Waals surface area contributed by atoms with Gasteiger partial charge in [0.15, 0.2) is 0 Å². The normalized spacial score (nSPS) is 12.2. The molecule has 1 aliphatic heterocycles. The smallest absolute Gasteiger partial charge is 0.665 e. The minimum absolute atomic E-state index is 0. The molecule has 1 heterocycles. The Labute approximate surface area is 262 Å². The van der Waals surface area contributed by atoms with E-state index in [-0.39, 0.29) is 16.5 Å². The second-order valence-corrected chi connectivity index (χ2v) is 10.4. The van der Waals surface area contributed by atoms with Gasteiger partial charge in [0.1, 0.15) is 0 Å². The fraction of sp³-hybridized carbons (Fsp3) is 0.556. The van der Waals surface area contributed by atoms with Crippen molar-refractivity contribution in [2.24, 2.45) is 0 Å². The first kappa shape index (κ1) is 38.9. The predicted octanol–water partition coefficient (Wildman–Crippen LogP) is 11.2. The molecule has 0 bridgehead atoms. The van der Waals surface area contributed by atoms with Crippen molar-refractivity contribution < 1.29 is 21.2 Å². The molecule has 41 heavy (non-hydrogen) atoms. The van der Waals surface area contributed by atoms with Crippen LogP contribution in [-0.4, -0.2) is 31.9 Å². The molecule has 0 saturated carbocycles. The zero-order chi connectivity index (χ0) is 29.6. The molecule has 3 rings (SSSR count). The van der Waals surface area contributed by atoms with Crippen LogP contribution in [-0.2, 0) is 29.3 Å². The van der Waals surface area contributed by atoms with Crippen LogP contribution < -0.4 is 0 Å². The molecule has 2 aromatic carbocycles. The maximum Gasteiger partial charge on any atom is 2.00 e. The Morgan fingerprint density at radius 2 is 1.00 bits per heavy atom. The van der Waals surface area contributed by atoms with E-state index in [0.29, 0.717) is 0 Å². The Morgan fingerprint density at radius 1 is 0.585 bits per heavy atom. The van der Waals surface area contributed by atoms with Crippen molar-refractivity contribution in [1.82, 2.24) is 0 Å². The molecule has 0 amide bonds. The second kappa shape index (κ2) is 24.5. The summed E-state index contributed by atoms with van der Waals surface area (Å²) in [6, 6.07) is 17.6. The Balaban J connectivity index is 0.00000158. The first-order valence-corrected chi connectivity index (χ1v) is 15.7. The Hall–Kier alpha value is -2.07. The van der Waals surface area contributed by atoms with Crippen LogP contribution in [0.5, 0.6) is 0 Å². The van der Waals surface area contributed by atoms with Crippen molar-refractivity contribution in [3.63, 3.8) is 0 Å². The standard InChI is InChI=1S/C30H40N2.2C3H8N.Ni/c1-4-7-10-12-24-15-19-26(20-16-24)29-23-28(14-9-6-3)30(32(29)31)27-21-17-25(18-22-27)13-11-8-5-2;2*1-3-4-2;/h15-23H,4-14H2,1-3H3;2*3H2,1-2H3;/q;2*-1;+2. The van der Waals surface area contributed by atoms with Crippen LogP contribution in [0.1, 0.15) is 115 Å². The molecular weight excluding hydrogens is 547 g/mol. The first-order valence-electron chi connectivity index (χ1n) is 15.7. The SMILES string of the molecule is CCCCCc1ccc(C2=CC(CCCC)=C(c3ccc(CCCCC)cc3)[N+]2=[N-])cc1.CC[N-]C.CC[N-]C.[Ni+2]. The Kier molecular flexibility index (Phi) is 23.3. The van der Waals surface area contributed by atoms with Gasteiger partial charge in [-0.25, -0.2) is 4.70 Å². The molecule has 0 radical (unpaired) electrons. The van der Waals surface area contributed by atoms with E-state index in [1.54, 1.807) is 14.1 Å². The molecule has 2 aromatic rings. The van der Waals surface area contributed by atoms with E-state index in [1.165, 1.54) is 59.9 Å². The first-order chi connectivity index (χ1) is 19.5. The summed E-state index contributed by atoms with van der Waals surface area (Å²) >= 11 is 0. The summed E-state index contributed by atoms with van der Waals surface area (Å²) in [5.74, 6) is 0. The summed E-state index contributed by atoms with van der Waals surface area (Å²) in [4.78, 5) is 0. The van der Waals surface area contributed by atoms with Gasteiger partial charge in [-0.3, -0.25) is 0 Å². The number of hydrogen-bond donors (Lipinski definition) is 0. The molecule has 0 aromatic heterocycles. The largest absolute Gasteiger partial charge is 2.00 e. The van der Waals surface area contributed by atoms with Crippen molar-refractivity contribution in [2.75, 3.05) is 27.2 Å². The molecular formula is C36H56N4Ni. The van der Waals surface area contributed by atoms with Gasteiger partial charge in [-0.1, -0.05) is 91.0 Å². The van der Waals surface area contributed by atoms with Gasteiger partial charge in [-0.2, -0.15) is 27.2 Å². The fourth-order valence-corrected chi connectivity index (χ4v) is 4.45. The zero-order valence-corrected chi connectivity index (χ0v) is 28.0. The van der Waals surface area contributed by atoms with Gasteiger partial charge in [0, 0.05) is 22.8 Å². The van der Waals surface area contributed by atoms with Crippen LogP contribution in [0.25, 0.3) is 27.6 Å². The molecule has 0 fully saturated rings. The van der Waals surface area contributed by atoms with Gasteiger partial charge in [-0.05, 0) is 73.9 Å². The molecule has 0 unspecified atom stereocenters. The van der Waals surface area contributed by atoms with Crippen LogP contribution in [0, 0.1) is 0 Å². The van der Waals surface area contributed by atoms with Gasteiger partial charge >= 0.3 is 16.5 Å². The van der Waals surface area contributed by atoms with Gasteiger partial charge in [-0.15, -0.1) is 0 Å². The summed E-state index contributed by atoms with van der Waals surface area (Å²) in [6.07, 6.45) is 15.3. The summed E-state index contributed by atoms with van der Waals surface area (Å²) in [6.45, 7) is 12.6. The Morgan fingerprint density at radius 3 is 1.39 bits per heavy atom. The number of aryl methyl sites for hydroxylation is 2. The minimum Gasteiger partial charge on any atom is -0.665 e. The van der Waals surface area contributed by atoms with E-state index in [2.05, 4.69) is 86.0 Å². The van der Waals surface area contributed by atoms with Gasteiger partial charge in [0.2, 0.25) is 11.4 Å². The number of unbranched alkanes of at least 4 members (excludes halogenated alkanes) is 5. The summed E-state index contributed by atoms with van der Waals surface area (Å²) in [5, 5.41) is 7.47. The third kappa shape index (κ3) is 14.6. The molecule has 5 heteroatoms. The van der Waals surface area contributed by atoms with Crippen molar-refractivity contribution >= 4 is 11.4 Å². The van der Waals surface area contributed by atoms with E-state index >= 15 is 0 Å². The zero-order valence-electron chi connectivity index (χ0n) is 27.0. The Bertz CT molecular complexity index is 999. The van der Waals surface area contributed by atoms with E-state index < -0.39 is 0 Å². The third-order valence-corrected chi connectivity index (χ3v) is 7.10. The monoisotopic (exact) mass is 602 g/mol. The maximum atomic E-state index is 11.2. The van der Waals surface area contributed by atoms with Crippen LogP contribution >= 0.6 is 0 Å². The molecule has 0 aliphatic carbocycles. The van der Waals surface area contributed by atoms with Gasteiger partial charge in [0.05, 0.1) is 0 Å². The van der Waals surface area contributed by atoms with Crippen LogP contribution in [0.3, 0.4) is 0 Å². The fourth-order valence-electron chi connectivity index (χ4n) is 4.45. The number of rotatable bonds is 15. The number of allylic oxidation sites excluding steroid dienone is 2. The second-order valence-electron chi connectivity index (χ2n) is 10.4. The van der Waals surface area contributed by atoms with E-state index in [4.69, 9.17) is 0 Å². The van der Waals surface area contributed by atoms with Crippen molar-refractivity contribution in [3.05, 3.63) is 98.6 Å². The molecule has 1 aliphatic rings. The average Bonchev–Trinajstić information content (AvgIpc) is 3.32. The quantitative estimate of drug-likeness (QED) is 0.110. The molecule has 0 atom stereocenters. The molecule has 230 valence electrons. The van der Waals surface area contributed by atoms with E-state index in [0.717, 1.165) is 67.7 Å². The number of nitrogens with zero attached hydrogens (tertiary/aromatic N) is 4. The van der Waals surface area contributed by atoms with Gasteiger partial charge < -0.3 is 16.2 Å². The molecule has 0 N–H and O–H groups in total. The van der Waals surface area contributed by atoms with Gasteiger partial charge in [0.25, 0.3) is 0 Å². The summed E-state index contributed by atoms with van der Waals surface area (Å²) in [5.41, 5.74) is 19.2. The number of benzene rings is 2. The van der Waals surface area contributed by atoms with Crippen molar-refractivity contribution in [1.29, 1.82) is 0 Å². The third-order valence-electron chi connectivity index (χ3n) is 7.10. The maximum absolute atomic E-state index is 11.2. The van der Waals surface area contributed by atoms with Crippen molar-refractivity contribution in [3.8, 4) is 0 Å². The van der Waals surface area contributed by atoms with Crippen molar-refractivity contribution in [2.45, 2.75) is 105 Å². The summed E-state index contributed by atoms with van der Waals surface area (Å²) < 4.78 is 1.42. The molecule has 0 saturated heterocycles. The molecule has 0 spiro atoms. The van der Waals surface area contributed by atoms with E-state index in [9.17, 15) is 5.53 Å².